The standard InChI is InChI=1S/C9H9ClO4/c1-13-6-4-3-5(9(11)12)7(10)8(6)14-2/h3-4H,1-2H3,(H,11,12). The molecule has 5 heteroatoms. The minimum Gasteiger partial charge on any atom is -0.493 e. The first kappa shape index (κ1) is 10.7. The summed E-state index contributed by atoms with van der Waals surface area (Å²) in [7, 11) is 2.85. The highest BCUT2D eigenvalue weighted by Gasteiger charge is 2.16. The van der Waals surface area contributed by atoms with Gasteiger partial charge in [0.05, 0.1) is 19.8 Å². The maximum Gasteiger partial charge on any atom is 0.337 e. The zero-order chi connectivity index (χ0) is 10.7. The minimum absolute atomic E-state index is 0.00989. The molecule has 0 fully saturated rings. The van der Waals surface area contributed by atoms with Crippen LogP contribution in [0.1, 0.15) is 10.4 Å². The van der Waals surface area contributed by atoms with Crippen LogP contribution >= 0.6 is 11.6 Å². The van der Waals surface area contributed by atoms with Gasteiger partial charge in [0.2, 0.25) is 0 Å². The normalized spacial score (nSPS) is 9.64. The van der Waals surface area contributed by atoms with Crippen LogP contribution in [0.4, 0.5) is 0 Å². The highest BCUT2D eigenvalue weighted by atomic mass is 35.5. The number of methoxy groups -OCH3 is 2. The Morgan fingerprint density at radius 1 is 1.36 bits per heavy atom. The topological polar surface area (TPSA) is 55.8 Å². The van der Waals surface area contributed by atoms with E-state index in [9.17, 15) is 4.79 Å². The van der Waals surface area contributed by atoms with Crippen LogP contribution in [0.5, 0.6) is 11.5 Å². The van der Waals surface area contributed by atoms with Crippen LogP contribution in [0, 0.1) is 0 Å². The predicted molar refractivity (Wildman–Crippen MR) is 51.5 cm³/mol. The van der Waals surface area contributed by atoms with Gasteiger partial charge in [-0.3, -0.25) is 0 Å². The van der Waals surface area contributed by atoms with Crippen LogP contribution in [0.3, 0.4) is 0 Å². The average Bonchev–Trinajstić information content (AvgIpc) is 2.16. The minimum atomic E-state index is -1.10. The Balaban J connectivity index is 3.34. The Morgan fingerprint density at radius 3 is 2.43 bits per heavy atom. The lowest BCUT2D eigenvalue weighted by Crippen LogP contribution is -2.00. The van der Waals surface area contributed by atoms with Gasteiger partial charge in [-0.05, 0) is 12.1 Å². The van der Waals surface area contributed by atoms with Gasteiger partial charge in [0, 0.05) is 0 Å². The number of carboxylic acids is 1. The molecule has 1 rings (SSSR count). The summed E-state index contributed by atoms with van der Waals surface area (Å²) in [5.41, 5.74) is -0.00989. The molecule has 0 bridgehead atoms. The van der Waals surface area contributed by atoms with Crippen molar-refractivity contribution in [3.8, 4) is 11.5 Å². The third kappa shape index (κ3) is 1.75. The third-order valence-corrected chi connectivity index (χ3v) is 2.09. The number of hydrogen-bond donors (Lipinski definition) is 1. The summed E-state index contributed by atoms with van der Waals surface area (Å²) in [6.07, 6.45) is 0. The zero-order valence-electron chi connectivity index (χ0n) is 7.70. The van der Waals surface area contributed by atoms with E-state index in [-0.39, 0.29) is 16.3 Å². The van der Waals surface area contributed by atoms with Gasteiger partial charge in [0.25, 0.3) is 0 Å². The van der Waals surface area contributed by atoms with Gasteiger partial charge in [-0.1, -0.05) is 11.6 Å². The molecule has 76 valence electrons. The molecule has 4 nitrogen and oxygen atoms in total. The fraction of sp³-hybridized carbons (Fsp3) is 0.222. The van der Waals surface area contributed by atoms with Crippen molar-refractivity contribution in [2.45, 2.75) is 0 Å². The second-order valence-electron chi connectivity index (χ2n) is 2.47. The molecule has 1 aromatic rings. The number of carbonyl (C=O) groups is 1. The van der Waals surface area contributed by atoms with E-state index in [1.807, 2.05) is 0 Å². The Bertz CT molecular complexity index is 362. The molecule has 0 aromatic heterocycles. The first-order valence-corrected chi connectivity index (χ1v) is 4.13. The van der Waals surface area contributed by atoms with Crippen molar-refractivity contribution in [2.75, 3.05) is 14.2 Å². The molecule has 0 spiro atoms. The van der Waals surface area contributed by atoms with E-state index in [0.717, 1.165) is 0 Å². The molecular formula is C9H9ClO4. The maximum atomic E-state index is 10.7. The van der Waals surface area contributed by atoms with Crippen LogP contribution in [0.2, 0.25) is 5.02 Å². The Morgan fingerprint density at radius 2 is 2.00 bits per heavy atom. The molecule has 1 aromatic carbocycles. The van der Waals surface area contributed by atoms with Crippen molar-refractivity contribution >= 4 is 17.6 Å². The second-order valence-corrected chi connectivity index (χ2v) is 2.85. The lowest BCUT2D eigenvalue weighted by molar-refractivity contribution is 0.0696. The highest BCUT2D eigenvalue weighted by molar-refractivity contribution is 6.35. The summed E-state index contributed by atoms with van der Waals surface area (Å²) < 4.78 is 9.89. The number of hydrogen-bond acceptors (Lipinski definition) is 3. The van der Waals surface area contributed by atoms with Crippen molar-refractivity contribution < 1.29 is 19.4 Å². The summed E-state index contributed by atoms with van der Waals surface area (Å²) in [4.78, 5) is 10.7. The van der Waals surface area contributed by atoms with Gasteiger partial charge in [-0.2, -0.15) is 0 Å². The van der Waals surface area contributed by atoms with Crippen molar-refractivity contribution in [1.29, 1.82) is 0 Å². The van der Waals surface area contributed by atoms with Crippen molar-refractivity contribution in [1.82, 2.24) is 0 Å². The van der Waals surface area contributed by atoms with Crippen LogP contribution in [0.25, 0.3) is 0 Å². The predicted octanol–water partition coefficient (Wildman–Crippen LogP) is 2.06. The quantitative estimate of drug-likeness (QED) is 0.840. The van der Waals surface area contributed by atoms with Gasteiger partial charge in [0.15, 0.2) is 11.5 Å². The molecule has 0 aliphatic rings. The number of carboxylic acid groups (broad SMARTS) is 1. The molecule has 0 saturated heterocycles. The molecule has 0 aliphatic heterocycles. The number of benzene rings is 1. The lowest BCUT2D eigenvalue weighted by Gasteiger charge is -2.10. The fourth-order valence-electron chi connectivity index (χ4n) is 1.05. The first-order chi connectivity index (χ1) is 6.61. The largest absolute Gasteiger partial charge is 0.493 e. The first-order valence-electron chi connectivity index (χ1n) is 3.75. The summed E-state index contributed by atoms with van der Waals surface area (Å²) >= 11 is 5.80. The number of rotatable bonds is 3. The molecule has 14 heavy (non-hydrogen) atoms. The molecule has 0 heterocycles. The van der Waals surface area contributed by atoms with Crippen molar-refractivity contribution in [3.63, 3.8) is 0 Å². The molecule has 0 atom stereocenters. The number of aromatic carboxylic acids is 1. The number of ether oxygens (including phenoxy) is 2. The third-order valence-electron chi connectivity index (χ3n) is 1.72. The zero-order valence-corrected chi connectivity index (χ0v) is 8.46. The van der Waals surface area contributed by atoms with E-state index in [2.05, 4.69) is 0 Å². The molecule has 0 saturated carbocycles. The summed E-state index contributed by atoms with van der Waals surface area (Å²) in [5, 5.41) is 8.81. The van der Waals surface area contributed by atoms with Gasteiger partial charge >= 0.3 is 5.97 Å². The Hall–Kier alpha value is -1.42. The smallest absolute Gasteiger partial charge is 0.337 e. The molecular weight excluding hydrogens is 208 g/mol. The van der Waals surface area contributed by atoms with Crippen molar-refractivity contribution in [2.24, 2.45) is 0 Å². The van der Waals surface area contributed by atoms with Crippen LogP contribution in [-0.4, -0.2) is 25.3 Å². The monoisotopic (exact) mass is 216 g/mol. The Kier molecular flexibility index (Phi) is 3.19. The van der Waals surface area contributed by atoms with Gasteiger partial charge in [-0.25, -0.2) is 4.79 Å². The van der Waals surface area contributed by atoms with Gasteiger partial charge < -0.3 is 14.6 Å². The number of halogens is 1. The molecule has 0 radical (unpaired) electrons. The SMILES string of the molecule is COc1ccc(C(=O)O)c(Cl)c1OC. The molecule has 1 N–H and O–H groups in total. The molecule has 0 amide bonds. The molecule has 0 aliphatic carbocycles. The maximum absolute atomic E-state index is 10.7. The summed E-state index contributed by atoms with van der Waals surface area (Å²) in [6, 6.07) is 2.86. The summed E-state index contributed by atoms with van der Waals surface area (Å²) in [5.74, 6) is -0.465. The van der Waals surface area contributed by atoms with E-state index in [1.54, 1.807) is 0 Å². The highest BCUT2D eigenvalue weighted by Crippen LogP contribution is 2.37. The average molecular weight is 217 g/mol. The lowest BCUT2D eigenvalue weighted by atomic mass is 10.2. The van der Waals surface area contributed by atoms with E-state index in [0.29, 0.717) is 5.75 Å². The summed E-state index contributed by atoms with van der Waals surface area (Å²) in [6.45, 7) is 0. The fourth-order valence-corrected chi connectivity index (χ4v) is 1.37. The van der Waals surface area contributed by atoms with Crippen molar-refractivity contribution in [3.05, 3.63) is 22.7 Å². The van der Waals surface area contributed by atoms with Gasteiger partial charge in [-0.15, -0.1) is 0 Å². The van der Waals surface area contributed by atoms with Gasteiger partial charge in [0.1, 0.15) is 5.02 Å². The van der Waals surface area contributed by atoms with E-state index >= 15 is 0 Å². The van der Waals surface area contributed by atoms with E-state index in [1.165, 1.54) is 26.4 Å². The van der Waals surface area contributed by atoms with Crippen LogP contribution in [0.15, 0.2) is 12.1 Å². The van der Waals surface area contributed by atoms with E-state index < -0.39 is 5.97 Å². The van der Waals surface area contributed by atoms with Crippen LogP contribution < -0.4 is 9.47 Å². The second kappa shape index (κ2) is 4.19. The van der Waals surface area contributed by atoms with E-state index in [4.69, 9.17) is 26.2 Å². The van der Waals surface area contributed by atoms with Crippen LogP contribution in [-0.2, 0) is 0 Å². The molecule has 0 unspecified atom stereocenters. The Labute approximate surface area is 86.0 Å².